The SMILES string of the molecule is C=C(C)C(=O)NCCOCCOCCOCC(=O)OCC. The number of nitrogens with one attached hydrogen (secondary N) is 1. The first-order chi connectivity index (χ1) is 10.1. The summed E-state index contributed by atoms with van der Waals surface area (Å²) in [6.45, 7) is 9.63. The average Bonchev–Trinajstić information content (AvgIpc) is 2.44. The quantitative estimate of drug-likeness (QED) is 0.299. The van der Waals surface area contributed by atoms with Gasteiger partial charge in [0.15, 0.2) is 0 Å². The van der Waals surface area contributed by atoms with Gasteiger partial charge in [0, 0.05) is 12.1 Å². The Bertz CT molecular complexity index is 319. The molecule has 0 aliphatic heterocycles. The van der Waals surface area contributed by atoms with E-state index in [2.05, 4.69) is 11.9 Å². The lowest BCUT2D eigenvalue weighted by molar-refractivity contribution is -0.149. The van der Waals surface area contributed by atoms with Crippen molar-refractivity contribution in [2.45, 2.75) is 13.8 Å². The molecule has 0 rings (SSSR count). The maximum atomic E-state index is 11.1. The minimum atomic E-state index is -0.377. The number of ether oxygens (including phenoxy) is 4. The molecule has 0 aromatic carbocycles. The lowest BCUT2D eigenvalue weighted by Gasteiger charge is -2.07. The number of amides is 1. The van der Waals surface area contributed by atoms with Gasteiger partial charge in [0.25, 0.3) is 0 Å². The summed E-state index contributed by atoms with van der Waals surface area (Å²) in [7, 11) is 0. The van der Waals surface area contributed by atoms with Crippen molar-refractivity contribution in [3.8, 4) is 0 Å². The molecule has 0 aromatic rings. The molecule has 0 aromatic heterocycles. The highest BCUT2D eigenvalue weighted by Gasteiger charge is 2.01. The van der Waals surface area contributed by atoms with Gasteiger partial charge in [0.1, 0.15) is 6.61 Å². The Hall–Kier alpha value is -1.44. The van der Waals surface area contributed by atoms with Gasteiger partial charge in [-0.25, -0.2) is 4.79 Å². The van der Waals surface area contributed by atoms with Gasteiger partial charge in [-0.15, -0.1) is 0 Å². The van der Waals surface area contributed by atoms with Crippen LogP contribution in [0.15, 0.2) is 12.2 Å². The Morgan fingerprint density at radius 2 is 1.57 bits per heavy atom. The summed E-state index contributed by atoms with van der Waals surface area (Å²) in [5.74, 6) is -0.550. The van der Waals surface area contributed by atoms with Gasteiger partial charge in [0.05, 0.1) is 39.6 Å². The average molecular weight is 303 g/mol. The van der Waals surface area contributed by atoms with Gasteiger partial charge in [-0.2, -0.15) is 0 Å². The fourth-order valence-electron chi connectivity index (χ4n) is 1.19. The second kappa shape index (κ2) is 13.5. The molecule has 0 saturated carbocycles. The second-order valence-corrected chi connectivity index (χ2v) is 4.12. The van der Waals surface area contributed by atoms with Gasteiger partial charge in [-0.3, -0.25) is 4.79 Å². The molecule has 0 aliphatic carbocycles. The molecule has 1 amide bonds. The minimum Gasteiger partial charge on any atom is -0.464 e. The van der Waals surface area contributed by atoms with E-state index in [1.807, 2.05) is 0 Å². The predicted octanol–water partition coefficient (Wildman–Crippen LogP) is 0.292. The van der Waals surface area contributed by atoms with E-state index in [-0.39, 0.29) is 18.5 Å². The summed E-state index contributed by atoms with van der Waals surface area (Å²) in [6, 6.07) is 0. The molecule has 7 nitrogen and oxygen atoms in total. The molecule has 0 spiro atoms. The summed E-state index contributed by atoms with van der Waals surface area (Å²) in [5.41, 5.74) is 0.473. The molecular formula is C14H25NO6. The van der Waals surface area contributed by atoms with Crippen molar-refractivity contribution >= 4 is 11.9 Å². The smallest absolute Gasteiger partial charge is 0.332 e. The normalized spacial score (nSPS) is 10.2. The van der Waals surface area contributed by atoms with Crippen molar-refractivity contribution in [3.05, 3.63) is 12.2 Å². The Labute approximate surface area is 125 Å². The highest BCUT2D eigenvalue weighted by Crippen LogP contribution is 1.86. The maximum absolute atomic E-state index is 11.1. The van der Waals surface area contributed by atoms with Crippen molar-refractivity contribution in [2.75, 3.05) is 52.8 Å². The van der Waals surface area contributed by atoms with Crippen LogP contribution in [0, 0.1) is 0 Å². The van der Waals surface area contributed by atoms with Crippen molar-refractivity contribution in [3.63, 3.8) is 0 Å². The van der Waals surface area contributed by atoms with Crippen LogP contribution in [0.2, 0.25) is 0 Å². The van der Waals surface area contributed by atoms with E-state index in [4.69, 9.17) is 18.9 Å². The van der Waals surface area contributed by atoms with Crippen molar-refractivity contribution in [2.24, 2.45) is 0 Å². The molecule has 0 atom stereocenters. The zero-order chi connectivity index (χ0) is 15.9. The fraction of sp³-hybridized carbons (Fsp3) is 0.714. The summed E-state index contributed by atoms with van der Waals surface area (Å²) < 4.78 is 20.2. The van der Waals surface area contributed by atoms with E-state index in [1.165, 1.54) is 0 Å². The van der Waals surface area contributed by atoms with E-state index < -0.39 is 0 Å². The first kappa shape index (κ1) is 19.6. The Kier molecular flexibility index (Phi) is 12.6. The molecule has 0 fully saturated rings. The maximum Gasteiger partial charge on any atom is 0.332 e. The third kappa shape index (κ3) is 13.3. The Morgan fingerprint density at radius 3 is 2.14 bits per heavy atom. The number of carbonyl (C=O) groups excluding carboxylic acids is 2. The lowest BCUT2D eigenvalue weighted by atomic mass is 10.3. The predicted molar refractivity (Wildman–Crippen MR) is 76.9 cm³/mol. The standard InChI is InChI=1S/C14H25NO6/c1-4-21-13(16)11-20-10-9-19-8-7-18-6-5-15-14(17)12(2)3/h2,4-11H2,1,3H3,(H,15,17). The highest BCUT2D eigenvalue weighted by molar-refractivity contribution is 5.92. The number of rotatable bonds is 13. The molecule has 0 unspecified atom stereocenters. The summed E-state index contributed by atoms with van der Waals surface area (Å²) >= 11 is 0. The van der Waals surface area contributed by atoms with Crippen molar-refractivity contribution < 1.29 is 28.5 Å². The molecule has 0 radical (unpaired) electrons. The van der Waals surface area contributed by atoms with Crippen LogP contribution in [-0.2, 0) is 28.5 Å². The second-order valence-electron chi connectivity index (χ2n) is 4.12. The molecular weight excluding hydrogens is 278 g/mol. The molecule has 7 heteroatoms. The van der Waals surface area contributed by atoms with Crippen molar-refractivity contribution in [1.82, 2.24) is 5.32 Å². The number of hydrogen-bond donors (Lipinski definition) is 1. The minimum absolute atomic E-state index is 0.0594. The molecule has 0 bridgehead atoms. The van der Waals surface area contributed by atoms with Crippen LogP contribution in [-0.4, -0.2) is 64.7 Å². The number of carbonyl (C=O) groups is 2. The Morgan fingerprint density at radius 1 is 1.00 bits per heavy atom. The number of hydrogen-bond acceptors (Lipinski definition) is 6. The molecule has 0 aliphatic rings. The lowest BCUT2D eigenvalue weighted by Crippen LogP contribution is -2.27. The largest absolute Gasteiger partial charge is 0.464 e. The Balaban J connectivity index is 3.17. The van der Waals surface area contributed by atoms with Crippen LogP contribution >= 0.6 is 0 Å². The molecule has 1 N–H and O–H groups in total. The van der Waals surface area contributed by atoms with E-state index in [9.17, 15) is 9.59 Å². The zero-order valence-electron chi connectivity index (χ0n) is 12.8. The third-order valence-electron chi connectivity index (χ3n) is 2.19. The van der Waals surface area contributed by atoms with E-state index >= 15 is 0 Å². The van der Waals surface area contributed by atoms with Gasteiger partial charge >= 0.3 is 5.97 Å². The fourth-order valence-corrected chi connectivity index (χ4v) is 1.19. The number of esters is 1. The zero-order valence-corrected chi connectivity index (χ0v) is 12.8. The van der Waals surface area contributed by atoms with Crippen LogP contribution < -0.4 is 5.32 Å². The van der Waals surface area contributed by atoms with E-state index in [1.54, 1.807) is 13.8 Å². The topological polar surface area (TPSA) is 83.1 Å². The monoisotopic (exact) mass is 303 g/mol. The van der Waals surface area contributed by atoms with Gasteiger partial charge in [0.2, 0.25) is 5.91 Å². The van der Waals surface area contributed by atoms with Crippen molar-refractivity contribution in [1.29, 1.82) is 0 Å². The highest BCUT2D eigenvalue weighted by atomic mass is 16.6. The van der Waals surface area contributed by atoms with Gasteiger partial charge in [-0.05, 0) is 13.8 Å². The van der Waals surface area contributed by atoms with E-state index in [0.29, 0.717) is 51.8 Å². The summed E-state index contributed by atoms with van der Waals surface area (Å²) in [4.78, 5) is 22.1. The molecule has 0 heterocycles. The first-order valence-corrected chi connectivity index (χ1v) is 6.90. The van der Waals surface area contributed by atoms with Gasteiger partial charge in [-0.1, -0.05) is 6.58 Å². The first-order valence-electron chi connectivity index (χ1n) is 6.90. The van der Waals surface area contributed by atoms with Crippen LogP contribution in [0.3, 0.4) is 0 Å². The van der Waals surface area contributed by atoms with Gasteiger partial charge < -0.3 is 24.3 Å². The van der Waals surface area contributed by atoms with Crippen LogP contribution in [0.25, 0.3) is 0 Å². The summed E-state index contributed by atoms with van der Waals surface area (Å²) in [6.07, 6.45) is 0. The van der Waals surface area contributed by atoms with Crippen LogP contribution in [0.5, 0.6) is 0 Å². The third-order valence-corrected chi connectivity index (χ3v) is 2.19. The molecule has 21 heavy (non-hydrogen) atoms. The summed E-state index contributed by atoms with van der Waals surface area (Å²) in [5, 5.41) is 2.65. The van der Waals surface area contributed by atoms with E-state index in [0.717, 1.165) is 0 Å². The molecule has 0 saturated heterocycles. The molecule has 122 valence electrons. The van der Waals surface area contributed by atoms with Crippen LogP contribution in [0.1, 0.15) is 13.8 Å². The van der Waals surface area contributed by atoms with Crippen LogP contribution in [0.4, 0.5) is 0 Å².